The molecular weight excluding hydrogens is 432 g/mol. The number of anilines is 2. The molecule has 0 aliphatic heterocycles. The fourth-order valence-electron chi connectivity index (χ4n) is 2.78. The van der Waals surface area contributed by atoms with Gasteiger partial charge in [-0.1, -0.05) is 19.9 Å². The van der Waals surface area contributed by atoms with Crippen molar-refractivity contribution in [2.45, 2.75) is 40.0 Å². The molecule has 0 heterocycles. The molecule has 5 nitrogen and oxygen atoms in total. The fraction of sp³-hybridized carbons (Fsp3) is 0.391. The normalized spacial score (nSPS) is 13.3. The smallest absolute Gasteiger partial charge is 0.255 e. The molecule has 0 saturated heterocycles. The molecule has 2 amide bonds. The van der Waals surface area contributed by atoms with Crippen LogP contribution in [0.15, 0.2) is 40.9 Å². The maximum atomic E-state index is 12.7. The molecule has 0 bridgehead atoms. The number of hydrogen-bond donors (Lipinski definition) is 2. The molecule has 2 aromatic carbocycles. The van der Waals surface area contributed by atoms with Crippen LogP contribution in [0.4, 0.5) is 11.4 Å². The standard InChI is InChI=1S/C23H27BrN2O3/c1-14(2)10-11-29-21-9-7-17(12-19(21)24)23(28)25-18-8-4-15(3)20(13-18)26-22(27)16-5-6-16/h4,7-9,12-14,16H,5-6,10-11H2,1-3H3,(H,25,28)(H,26,27). The van der Waals surface area contributed by atoms with E-state index in [1.54, 1.807) is 24.3 Å². The first-order valence-corrected chi connectivity index (χ1v) is 10.8. The van der Waals surface area contributed by atoms with Gasteiger partial charge in [0, 0.05) is 22.9 Å². The van der Waals surface area contributed by atoms with Crippen molar-refractivity contribution >= 4 is 39.1 Å². The summed E-state index contributed by atoms with van der Waals surface area (Å²) >= 11 is 3.48. The van der Waals surface area contributed by atoms with Crippen molar-refractivity contribution in [3.63, 3.8) is 0 Å². The molecule has 0 unspecified atom stereocenters. The number of rotatable bonds is 8. The van der Waals surface area contributed by atoms with Gasteiger partial charge in [0.15, 0.2) is 0 Å². The minimum absolute atomic E-state index is 0.0496. The molecule has 0 aromatic heterocycles. The number of benzene rings is 2. The Morgan fingerprint density at radius 3 is 2.55 bits per heavy atom. The molecule has 0 atom stereocenters. The lowest BCUT2D eigenvalue weighted by atomic mass is 10.1. The van der Waals surface area contributed by atoms with E-state index in [0.29, 0.717) is 23.8 Å². The van der Waals surface area contributed by atoms with Crippen molar-refractivity contribution in [2.24, 2.45) is 11.8 Å². The van der Waals surface area contributed by atoms with Crippen molar-refractivity contribution in [1.82, 2.24) is 0 Å². The lowest BCUT2D eigenvalue weighted by molar-refractivity contribution is -0.117. The van der Waals surface area contributed by atoms with Gasteiger partial charge in [-0.3, -0.25) is 9.59 Å². The molecule has 154 valence electrons. The molecule has 2 N–H and O–H groups in total. The van der Waals surface area contributed by atoms with E-state index in [9.17, 15) is 9.59 Å². The Morgan fingerprint density at radius 1 is 1.14 bits per heavy atom. The highest BCUT2D eigenvalue weighted by atomic mass is 79.9. The minimum atomic E-state index is -0.220. The van der Waals surface area contributed by atoms with Crippen LogP contribution >= 0.6 is 15.9 Å². The second-order valence-corrected chi connectivity index (χ2v) is 8.78. The maximum absolute atomic E-state index is 12.7. The molecule has 1 aliphatic rings. The Hall–Kier alpha value is -2.34. The van der Waals surface area contributed by atoms with E-state index >= 15 is 0 Å². The number of ether oxygens (including phenoxy) is 1. The summed E-state index contributed by atoms with van der Waals surface area (Å²) in [6, 6.07) is 10.8. The van der Waals surface area contributed by atoms with Gasteiger partial charge in [0.25, 0.3) is 5.91 Å². The highest BCUT2D eigenvalue weighted by molar-refractivity contribution is 9.10. The second kappa shape index (κ2) is 9.44. The van der Waals surface area contributed by atoms with Gasteiger partial charge in [-0.05, 0) is 83.9 Å². The van der Waals surface area contributed by atoms with E-state index in [0.717, 1.165) is 40.7 Å². The van der Waals surface area contributed by atoms with Crippen LogP contribution in [0.2, 0.25) is 0 Å². The average Bonchev–Trinajstić information content (AvgIpc) is 3.50. The number of halogens is 1. The van der Waals surface area contributed by atoms with Crippen LogP contribution in [-0.2, 0) is 4.79 Å². The third-order valence-corrected chi connectivity index (χ3v) is 5.47. The summed E-state index contributed by atoms with van der Waals surface area (Å²) in [6.45, 7) is 6.88. The van der Waals surface area contributed by atoms with E-state index in [1.165, 1.54) is 0 Å². The zero-order valence-electron chi connectivity index (χ0n) is 17.0. The molecule has 1 fully saturated rings. The van der Waals surface area contributed by atoms with Crippen LogP contribution in [0.25, 0.3) is 0 Å². The Morgan fingerprint density at radius 2 is 1.90 bits per heavy atom. The van der Waals surface area contributed by atoms with Crippen molar-refractivity contribution in [1.29, 1.82) is 0 Å². The van der Waals surface area contributed by atoms with Crippen LogP contribution in [0.5, 0.6) is 5.75 Å². The van der Waals surface area contributed by atoms with Gasteiger partial charge in [-0.15, -0.1) is 0 Å². The molecule has 2 aromatic rings. The first-order valence-electron chi connectivity index (χ1n) is 9.98. The van der Waals surface area contributed by atoms with E-state index in [4.69, 9.17) is 4.74 Å². The number of amides is 2. The maximum Gasteiger partial charge on any atom is 0.255 e. The molecule has 29 heavy (non-hydrogen) atoms. The van der Waals surface area contributed by atoms with E-state index in [2.05, 4.69) is 40.4 Å². The Bertz CT molecular complexity index is 907. The van der Waals surface area contributed by atoms with Gasteiger partial charge < -0.3 is 15.4 Å². The number of carbonyl (C=O) groups is 2. The third kappa shape index (κ3) is 6.07. The van der Waals surface area contributed by atoms with Gasteiger partial charge in [-0.25, -0.2) is 0 Å². The minimum Gasteiger partial charge on any atom is -0.492 e. The number of nitrogens with one attached hydrogen (secondary N) is 2. The predicted molar refractivity (Wildman–Crippen MR) is 120 cm³/mol. The Kier molecular flexibility index (Phi) is 6.96. The predicted octanol–water partition coefficient (Wildman–Crippen LogP) is 5.78. The largest absolute Gasteiger partial charge is 0.492 e. The van der Waals surface area contributed by atoms with Gasteiger partial charge in [0.05, 0.1) is 11.1 Å². The lowest BCUT2D eigenvalue weighted by Gasteiger charge is -2.13. The van der Waals surface area contributed by atoms with Crippen LogP contribution in [-0.4, -0.2) is 18.4 Å². The summed E-state index contributed by atoms with van der Waals surface area (Å²) in [6.07, 6.45) is 2.88. The fourth-order valence-corrected chi connectivity index (χ4v) is 3.27. The zero-order chi connectivity index (χ0) is 21.0. The summed E-state index contributed by atoms with van der Waals surface area (Å²) in [5.74, 6) is 1.26. The summed E-state index contributed by atoms with van der Waals surface area (Å²) in [5.41, 5.74) is 2.86. The van der Waals surface area contributed by atoms with Crippen molar-refractivity contribution < 1.29 is 14.3 Å². The van der Waals surface area contributed by atoms with Crippen molar-refractivity contribution in [3.05, 3.63) is 52.0 Å². The number of aryl methyl sites for hydroxylation is 1. The Labute approximate surface area is 180 Å². The van der Waals surface area contributed by atoms with Crippen molar-refractivity contribution in [3.8, 4) is 5.75 Å². The van der Waals surface area contributed by atoms with Crippen LogP contribution in [0.1, 0.15) is 49.0 Å². The summed E-state index contributed by atoms with van der Waals surface area (Å²) < 4.78 is 6.52. The second-order valence-electron chi connectivity index (χ2n) is 7.92. The highest BCUT2D eigenvalue weighted by Crippen LogP contribution is 2.31. The van der Waals surface area contributed by atoms with Crippen molar-refractivity contribution in [2.75, 3.05) is 17.2 Å². The molecular formula is C23H27BrN2O3. The molecule has 1 saturated carbocycles. The van der Waals surface area contributed by atoms with E-state index < -0.39 is 0 Å². The lowest BCUT2D eigenvalue weighted by Crippen LogP contribution is -2.15. The topological polar surface area (TPSA) is 67.4 Å². The van der Waals surface area contributed by atoms with E-state index in [-0.39, 0.29) is 17.7 Å². The monoisotopic (exact) mass is 458 g/mol. The van der Waals surface area contributed by atoms with Gasteiger partial charge >= 0.3 is 0 Å². The zero-order valence-corrected chi connectivity index (χ0v) is 18.6. The number of carbonyl (C=O) groups excluding carboxylic acids is 2. The number of hydrogen-bond acceptors (Lipinski definition) is 3. The van der Waals surface area contributed by atoms with Gasteiger partial charge in [-0.2, -0.15) is 0 Å². The summed E-state index contributed by atoms with van der Waals surface area (Å²) in [4.78, 5) is 24.7. The quantitative estimate of drug-likeness (QED) is 0.526. The summed E-state index contributed by atoms with van der Waals surface area (Å²) in [5, 5.41) is 5.85. The third-order valence-electron chi connectivity index (χ3n) is 4.85. The molecule has 0 spiro atoms. The first kappa shape index (κ1) is 21.4. The molecule has 3 rings (SSSR count). The average molecular weight is 459 g/mol. The first-order chi connectivity index (χ1) is 13.8. The molecule has 6 heteroatoms. The van der Waals surface area contributed by atoms with Gasteiger partial charge in [0.2, 0.25) is 5.91 Å². The van der Waals surface area contributed by atoms with Crippen LogP contribution in [0.3, 0.4) is 0 Å². The highest BCUT2D eigenvalue weighted by Gasteiger charge is 2.29. The van der Waals surface area contributed by atoms with E-state index in [1.807, 2.05) is 19.1 Å². The molecule has 0 radical (unpaired) electrons. The SMILES string of the molecule is Cc1ccc(NC(=O)c2ccc(OCCC(C)C)c(Br)c2)cc1NC(=O)C1CC1. The summed E-state index contributed by atoms with van der Waals surface area (Å²) in [7, 11) is 0. The van der Waals surface area contributed by atoms with Crippen LogP contribution < -0.4 is 15.4 Å². The van der Waals surface area contributed by atoms with Crippen LogP contribution in [0, 0.1) is 18.8 Å². The molecule has 1 aliphatic carbocycles. The van der Waals surface area contributed by atoms with Gasteiger partial charge in [0.1, 0.15) is 5.75 Å². The Balaban J connectivity index is 1.65.